The van der Waals surface area contributed by atoms with Crippen LogP contribution < -0.4 is 5.69 Å². The molecule has 3 aromatic rings. The highest BCUT2D eigenvalue weighted by molar-refractivity contribution is 5.96. The van der Waals surface area contributed by atoms with Gasteiger partial charge in [0.1, 0.15) is 6.33 Å². The van der Waals surface area contributed by atoms with Gasteiger partial charge in [0.15, 0.2) is 0 Å². The Morgan fingerprint density at radius 3 is 2.62 bits per heavy atom. The van der Waals surface area contributed by atoms with Gasteiger partial charge in [-0.1, -0.05) is 61.7 Å². The number of benzene rings is 2. The molecule has 0 amide bonds. The smallest absolute Gasteiger partial charge is 0.353 e. The molecule has 1 aromatic heterocycles. The number of hydrogen-bond acceptors (Lipinski definition) is 4. The van der Waals surface area contributed by atoms with Gasteiger partial charge < -0.3 is 5.11 Å². The van der Waals surface area contributed by atoms with Crippen LogP contribution in [-0.2, 0) is 6.54 Å². The van der Waals surface area contributed by atoms with Gasteiger partial charge in [-0.2, -0.15) is 5.10 Å². The molecule has 1 aliphatic rings. The second-order valence-corrected chi connectivity index (χ2v) is 8.57. The molecule has 2 aromatic carbocycles. The van der Waals surface area contributed by atoms with Crippen LogP contribution in [0.15, 0.2) is 59.7 Å². The highest BCUT2D eigenvalue weighted by atomic mass is 16.4. The second-order valence-electron chi connectivity index (χ2n) is 8.57. The Bertz CT molecular complexity index is 1310. The van der Waals surface area contributed by atoms with Crippen molar-refractivity contribution < 1.29 is 14.7 Å². The number of rotatable bonds is 5. The number of carboxylic acid groups (broad SMARTS) is 1. The summed E-state index contributed by atoms with van der Waals surface area (Å²) in [6, 6.07) is 14.2. The maximum Gasteiger partial charge on any atom is 0.353 e. The van der Waals surface area contributed by atoms with E-state index in [4.69, 9.17) is 0 Å². The first-order valence-electron chi connectivity index (χ1n) is 11.6. The molecular weight excluding hydrogens is 430 g/mol. The van der Waals surface area contributed by atoms with Crippen molar-refractivity contribution >= 4 is 11.9 Å². The molecule has 1 aliphatic carbocycles. The maximum absolute atomic E-state index is 13.0. The summed E-state index contributed by atoms with van der Waals surface area (Å²) in [5, 5.41) is 13.5. The minimum atomic E-state index is -0.981. The van der Waals surface area contributed by atoms with Crippen LogP contribution in [-0.4, -0.2) is 31.3 Å². The zero-order valence-electron chi connectivity index (χ0n) is 19.1. The molecule has 0 radical (unpaired) electrons. The topological polar surface area (TPSA) is 94.2 Å². The second kappa shape index (κ2) is 10.3. The number of carbonyl (C=O) groups excluding carboxylic acids is 1. The van der Waals surface area contributed by atoms with Gasteiger partial charge in [0, 0.05) is 18.3 Å². The molecule has 7 heteroatoms. The van der Waals surface area contributed by atoms with E-state index in [2.05, 4.69) is 16.9 Å². The molecule has 4 rings (SSSR count). The van der Waals surface area contributed by atoms with E-state index in [-0.39, 0.29) is 29.9 Å². The molecule has 2 atom stereocenters. The first kappa shape index (κ1) is 23.2. The number of carboxylic acids is 1. The Morgan fingerprint density at radius 2 is 1.88 bits per heavy atom. The standard InChI is InChI=1S/C27H27N3O4/c1-2-3-7-19-8-6-9-22(16-19)25(31)30-27(34)29(18-28-30)17-20-12-14-21(15-13-20)23-10-4-5-11-24(23)26(32)33/h4-5,10-15,18-19,22H,2,6,8-9,16-17H2,1H3,(H,32,33). The SMILES string of the molecule is CCC#CC1CCCC(C(=O)n2ncn(Cc3ccc(-c4ccccc4C(=O)O)cc3)c2=O)C1. The highest BCUT2D eigenvalue weighted by Crippen LogP contribution is 2.29. The van der Waals surface area contributed by atoms with Gasteiger partial charge in [-0.3, -0.25) is 9.36 Å². The molecule has 174 valence electrons. The molecule has 2 unspecified atom stereocenters. The Kier molecular flexibility index (Phi) is 7.07. The van der Waals surface area contributed by atoms with E-state index in [0.29, 0.717) is 12.0 Å². The minimum absolute atomic E-state index is 0.199. The third-order valence-electron chi connectivity index (χ3n) is 6.22. The van der Waals surface area contributed by atoms with Gasteiger partial charge in [0.2, 0.25) is 0 Å². The van der Waals surface area contributed by atoms with Crippen molar-refractivity contribution in [3.63, 3.8) is 0 Å². The molecule has 1 N–H and O–H groups in total. The number of carbonyl (C=O) groups is 2. The number of aromatic carboxylic acids is 1. The maximum atomic E-state index is 13.0. The molecule has 1 saturated carbocycles. The average molecular weight is 458 g/mol. The van der Waals surface area contributed by atoms with E-state index in [1.165, 1.54) is 10.9 Å². The van der Waals surface area contributed by atoms with Crippen molar-refractivity contribution in [2.75, 3.05) is 0 Å². The van der Waals surface area contributed by atoms with E-state index in [1.807, 2.05) is 31.2 Å². The molecule has 1 fully saturated rings. The molecule has 1 heterocycles. The van der Waals surface area contributed by atoms with Crippen LogP contribution in [0.25, 0.3) is 11.1 Å². The summed E-state index contributed by atoms with van der Waals surface area (Å²) in [7, 11) is 0. The lowest BCUT2D eigenvalue weighted by Crippen LogP contribution is -2.36. The lowest BCUT2D eigenvalue weighted by Gasteiger charge is -2.24. The van der Waals surface area contributed by atoms with Crippen LogP contribution in [0.5, 0.6) is 0 Å². The van der Waals surface area contributed by atoms with Crippen molar-refractivity contribution in [1.29, 1.82) is 0 Å². The molecule has 34 heavy (non-hydrogen) atoms. The van der Waals surface area contributed by atoms with Gasteiger partial charge in [0.05, 0.1) is 12.1 Å². The van der Waals surface area contributed by atoms with E-state index in [1.54, 1.807) is 24.3 Å². The van der Waals surface area contributed by atoms with Crippen molar-refractivity contribution in [3.8, 4) is 23.0 Å². The predicted octanol–water partition coefficient (Wildman–Crippen LogP) is 4.32. The quantitative estimate of drug-likeness (QED) is 0.576. The lowest BCUT2D eigenvalue weighted by atomic mass is 9.81. The molecule has 7 nitrogen and oxygen atoms in total. The first-order chi connectivity index (χ1) is 16.5. The Balaban J connectivity index is 1.48. The summed E-state index contributed by atoms with van der Waals surface area (Å²) in [6.07, 6.45) is 5.53. The predicted molar refractivity (Wildman–Crippen MR) is 129 cm³/mol. The van der Waals surface area contributed by atoms with Crippen LogP contribution in [0.4, 0.5) is 0 Å². The summed E-state index contributed by atoms with van der Waals surface area (Å²) in [6.45, 7) is 2.27. The van der Waals surface area contributed by atoms with Crippen molar-refractivity contribution in [3.05, 3.63) is 76.5 Å². The average Bonchev–Trinajstić information content (AvgIpc) is 3.22. The Labute approximate surface area is 198 Å². The zero-order valence-corrected chi connectivity index (χ0v) is 19.1. The monoisotopic (exact) mass is 457 g/mol. The van der Waals surface area contributed by atoms with Gasteiger partial charge in [-0.05, 0) is 42.0 Å². The fourth-order valence-corrected chi connectivity index (χ4v) is 4.47. The van der Waals surface area contributed by atoms with Gasteiger partial charge in [-0.25, -0.2) is 9.59 Å². The first-order valence-corrected chi connectivity index (χ1v) is 11.6. The zero-order chi connectivity index (χ0) is 24.1. The highest BCUT2D eigenvalue weighted by Gasteiger charge is 2.29. The molecular formula is C27H27N3O4. The van der Waals surface area contributed by atoms with Gasteiger partial charge in [0.25, 0.3) is 5.91 Å². The molecule has 0 spiro atoms. The van der Waals surface area contributed by atoms with Crippen LogP contribution in [0, 0.1) is 23.7 Å². The molecule has 0 aliphatic heterocycles. The van der Waals surface area contributed by atoms with Crippen LogP contribution in [0.1, 0.15) is 59.7 Å². The van der Waals surface area contributed by atoms with Crippen LogP contribution >= 0.6 is 0 Å². The van der Waals surface area contributed by atoms with Gasteiger partial charge >= 0.3 is 11.7 Å². The normalized spacial score (nSPS) is 17.6. The number of hydrogen-bond donors (Lipinski definition) is 1. The summed E-state index contributed by atoms with van der Waals surface area (Å²) in [5.41, 5.74) is 2.03. The molecule has 0 bridgehead atoms. The van der Waals surface area contributed by atoms with Crippen LogP contribution in [0.3, 0.4) is 0 Å². The van der Waals surface area contributed by atoms with E-state index < -0.39 is 11.7 Å². The van der Waals surface area contributed by atoms with E-state index in [9.17, 15) is 19.5 Å². The van der Waals surface area contributed by atoms with Gasteiger partial charge in [-0.15, -0.1) is 10.6 Å². The summed E-state index contributed by atoms with van der Waals surface area (Å²) < 4.78 is 2.40. The van der Waals surface area contributed by atoms with Crippen molar-refractivity contribution in [1.82, 2.24) is 14.3 Å². The van der Waals surface area contributed by atoms with E-state index in [0.717, 1.165) is 41.5 Å². The largest absolute Gasteiger partial charge is 0.478 e. The summed E-state index contributed by atoms with van der Waals surface area (Å²) in [5.74, 6) is 5.07. The molecule has 0 saturated heterocycles. The minimum Gasteiger partial charge on any atom is -0.478 e. The van der Waals surface area contributed by atoms with Crippen molar-refractivity contribution in [2.45, 2.75) is 45.6 Å². The fourth-order valence-electron chi connectivity index (χ4n) is 4.47. The third kappa shape index (κ3) is 5.01. The fraction of sp³-hybridized carbons (Fsp3) is 0.333. The number of aromatic nitrogens is 3. The van der Waals surface area contributed by atoms with Crippen molar-refractivity contribution in [2.24, 2.45) is 11.8 Å². The third-order valence-corrected chi connectivity index (χ3v) is 6.22. The summed E-state index contributed by atoms with van der Waals surface area (Å²) >= 11 is 0. The summed E-state index contributed by atoms with van der Waals surface area (Å²) in [4.78, 5) is 37.3. The van der Waals surface area contributed by atoms with E-state index >= 15 is 0 Å². The van der Waals surface area contributed by atoms with Crippen LogP contribution in [0.2, 0.25) is 0 Å². The number of nitrogens with zero attached hydrogens (tertiary/aromatic N) is 3. The lowest BCUT2D eigenvalue weighted by molar-refractivity contribution is 0.0696. The Morgan fingerprint density at radius 1 is 1.12 bits per heavy atom. The Hall–Kier alpha value is -3.92.